The van der Waals surface area contributed by atoms with Crippen LogP contribution in [-0.2, 0) is 9.47 Å². The van der Waals surface area contributed by atoms with E-state index in [1.807, 2.05) is 0 Å². The van der Waals surface area contributed by atoms with Gasteiger partial charge in [-0.3, -0.25) is 39.5 Å². The summed E-state index contributed by atoms with van der Waals surface area (Å²) in [6.45, 7) is 0.0901. The van der Waals surface area contributed by atoms with E-state index in [0.717, 1.165) is 23.1 Å². The van der Waals surface area contributed by atoms with Crippen LogP contribution in [0.5, 0.6) is 0 Å². The van der Waals surface area contributed by atoms with E-state index in [2.05, 4.69) is 10.5 Å². The van der Waals surface area contributed by atoms with Gasteiger partial charge in [-0.2, -0.15) is 5.10 Å². The normalized spacial score (nSPS) is 23.9. The van der Waals surface area contributed by atoms with Crippen LogP contribution in [0.25, 0.3) is 0 Å². The van der Waals surface area contributed by atoms with Gasteiger partial charge in [0.1, 0.15) is 6.10 Å². The summed E-state index contributed by atoms with van der Waals surface area (Å²) in [4.78, 5) is 59.9. The number of non-ortho nitro benzene ring substituents is 2. The maximum atomic E-state index is 12.9. The zero-order valence-corrected chi connectivity index (χ0v) is 17.7. The van der Waals surface area contributed by atoms with Gasteiger partial charge < -0.3 is 9.47 Å². The molecule has 0 aliphatic carbocycles. The molecular formula is C21H15N5O9. The predicted molar refractivity (Wildman–Crippen MR) is 115 cm³/mol. The van der Waals surface area contributed by atoms with Crippen LogP contribution >= 0.6 is 0 Å². The average Bonchev–Trinajstić information content (AvgIpc) is 3.38. The molecule has 35 heavy (non-hydrogen) atoms. The first-order valence-electron chi connectivity index (χ1n) is 10.3. The molecular weight excluding hydrogens is 466 g/mol. The Labute approximate surface area is 195 Å². The van der Waals surface area contributed by atoms with E-state index in [9.17, 15) is 34.6 Å². The number of carbonyl (C=O) groups is 3. The third kappa shape index (κ3) is 3.79. The number of hydrogen-bond acceptors (Lipinski definition) is 10. The Kier molecular flexibility index (Phi) is 5.30. The fraction of sp³-hybridized carbons (Fsp3) is 0.238. The van der Waals surface area contributed by atoms with Crippen LogP contribution in [0.2, 0.25) is 0 Å². The predicted octanol–water partition coefficient (Wildman–Crippen LogP) is 1.40. The summed E-state index contributed by atoms with van der Waals surface area (Å²) in [5.41, 5.74) is 1.30. The fourth-order valence-corrected chi connectivity index (χ4v) is 4.23. The van der Waals surface area contributed by atoms with Crippen LogP contribution in [0.15, 0.2) is 47.6 Å². The van der Waals surface area contributed by atoms with Gasteiger partial charge in [0.15, 0.2) is 6.29 Å². The summed E-state index contributed by atoms with van der Waals surface area (Å²) in [6.07, 6.45) is -1.46. The van der Waals surface area contributed by atoms with E-state index >= 15 is 0 Å². The molecule has 3 aliphatic heterocycles. The maximum absolute atomic E-state index is 12.9. The summed E-state index contributed by atoms with van der Waals surface area (Å²) in [6, 6.07) is 8.17. The Morgan fingerprint density at radius 2 is 1.63 bits per heavy atom. The summed E-state index contributed by atoms with van der Waals surface area (Å²) >= 11 is 0. The number of rotatable bonds is 5. The van der Waals surface area contributed by atoms with Crippen molar-refractivity contribution in [2.45, 2.75) is 24.9 Å². The smallest absolute Gasteiger partial charge is 0.277 e. The van der Waals surface area contributed by atoms with E-state index in [0.29, 0.717) is 0 Å². The van der Waals surface area contributed by atoms with Gasteiger partial charge in [0.25, 0.3) is 29.1 Å². The van der Waals surface area contributed by atoms with Crippen molar-refractivity contribution in [3.63, 3.8) is 0 Å². The summed E-state index contributed by atoms with van der Waals surface area (Å²) < 4.78 is 11.3. The molecule has 3 aliphatic rings. The number of hydrogen-bond donors (Lipinski definition) is 1. The largest absolute Gasteiger partial charge is 0.344 e. The number of nitrogens with one attached hydrogen (secondary N) is 1. The SMILES string of the molecule is O=C(N/N=C1\C[C@@H](N2C(=O)c3ccccc3C2=O)[C@H]2CO[C@H]1O2)c1cc([N+](=O)[O-])cc([N+](=O)[O-])c1. The highest BCUT2D eigenvalue weighted by Crippen LogP contribution is 2.34. The van der Waals surface area contributed by atoms with E-state index in [1.54, 1.807) is 24.3 Å². The molecule has 0 radical (unpaired) electrons. The molecule has 2 bridgehead atoms. The lowest BCUT2D eigenvalue weighted by atomic mass is 10.0. The van der Waals surface area contributed by atoms with Crippen molar-refractivity contribution in [2.75, 3.05) is 6.61 Å². The number of amides is 3. The lowest BCUT2D eigenvalue weighted by Crippen LogP contribution is -2.52. The molecule has 2 aromatic rings. The van der Waals surface area contributed by atoms with E-state index in [1.165, 1.54) is 0 Å². The monoisotopic (exact) mass is 481 g/mol. The van der Waals surface area contributed by atoms with Gasteiger partial charge >= 0.3 is 0 Å². The molecule has 0 aromatic heterocycles. The second-order valence-corrected chi connectivity index (χ2v) is 7.93. The third-order valence-corrected chi connectivity index (χ3v) is 5.87. The minimum atomic E-state index is -0.943. The highest BCUT2D eigenvalue weighted by atomic mass is 16.7. The fourth-order valence-electron chi connectivity index (χ4n) is 4.23. The molecule has 0 unspecified atom stereocenters. The number of benzene rings is 2. The van der Waals surface area contributed by atoms with Gasteiger partial charge in [-0.05, 0) is 12.1 Å². The molecule has 2 fully saturated rings. The van der Waals surface area contributed by atoms with Crippen molar-refractivity contribution in [1.29, 1.82) is 0 Å². The lowest BCUT2D eigenvalue weighted by molar-refractivity contribution is -0.394. The molecule has 3 amide bonds. The van der Waals surface area contributed by atoms with Gasteiger partial charge in [-0.1, -0.05) is 12.1 Å². The Balaban J connectivity index is 1.38. The van der Waals surface area contributed by atoms with Gasteiger partial charge in [-0.15, -0.1) is 0 Å². The van der Waals surface area contributed by atoms with Crippen molar-refractivity contribution in [1.82, 2.24) is 10.3 Å². The molecule has 1 N–H and O–H groups in total. The van der Waals surface area contributed by atoms with Gasteiger partial charge in [0, 0.05) is 18.6 Å². The molecule has 3 atom stereocenters. The molecule has 3 heterocycles. The second-order valence-electron chi connectivity index (χ2n) is 7.93. The first kappa shape index (κ1) is 22.2. The minimum absolute atomic E-state index is 0.0518. The molecule has 0 saturated carbocycles. The summed E-state index contributed by atoms with van der Waals surface area (Å²) in [7, 11) is 0. The van der Waals surface area contributed by atoms with Crippen molar-refractivity contribution >= 4 is 34.8 Å². The van der Waals surface area contributed by atoms with Crippen LogP contribution < -0.4 is 5.43 Å². The zero-order chi connectivity index (χ0) is 24.9. The zero-order valence-electron chi connectivity index (χ0n) is 17.7. The number of carbonyl (C=O) groups excluding carboxylic acids is 3. The molecule has 14 heteroatoms. The molecule has 5 rings (SSSR count). The topological polar surface area (TPSA) is 184 Å². The standard InChI is InChI=1S/C21H15N5O9/c27-18(10-5-11(25(30)31)7-12(6-10)26(32)33)23-22-15-8-16(17-9-34-21(15)35-17)24-19(28)13-3-1-2-4-14(13)20(24)29/h1-7,16-17,21H,8-9H2,(H,23,27)/b22-15+/t16-,17-,21+/m1/s1. The molecule has 14 nitrogen and oxygen atoms in total. The molecule has 0 spiro atoms. The highest BCUT2D eigenvalue weighted by molar-refractivity contribution is 6.21. The Morgan fingerprint density at radius 3 is 2.20 bits per heavy atom. The van der Waals surface area contributed by atoms with Gasteiger partial charge in [0.2, 0.25) is 0 Å². The van der Waals surface area contributed by atoms with Crippen LogP contribution in [0.4, 0.5) is 11.4 Å². The number of ether oxygens (including phenoxy) is 2. The highest BCUT2D eigenvalue weighted by Gasteiger charge is 2.50. The van der Waals surface area contributed by atoms with E-state index in [4.69, 9.17) is 9.47 Å². The number of nitro groups is 2. The number of nitro benzene ring substituents is 2. The first-order chi connectivity index (χ1) is 16.7. The first-order valence-corrected chi connectivity index (χ1v) is 10.3. The van der Waals surface area contributed by atoms with Gasteiger partial charge in [0.05, 0.1) is 51.0 Å². The summed E-state index contributed by atoms with van der Waals surface area (Å²) in [5.74, 6) is -1.89. The van der Waals surface area contributed by atoms with Crippen molar-refractivity contribution in [3.8, 4) is 0 Å². The van der Waals surface area contributed by atoms with Gasteiger partial charge in [-0.25, -0.2) is 5.43 Å². The number of fused-ring (bicyclic) bond motifs is 3. The Hall–Kier alpha value is -4.56. The average molecular weight is 481 g/mol. The van der Waals surface area contributed by atoms with Crippen LogP contribution in [0, 0.1) is 20.2 Å². The number of nitrogens with zero attached hydrogens (tertiary/aromatic N) is 4. The van der Waals surface area contributed by atoms with Crippen molar-refractivity contribution in [3.05, 3.63) is 79.4 Å². The molecule has 178 valence electrons. The van der Waals surface area contributed by atoms with E-state index < -0.39 is 57.4 Å². The lowest BCUT2D eigenvalue weighted by Gasteiger charge is -2.33. The minimum Gasteiger partial charge on any atom is -0.344 e. The molecule has 2 aromatic carbocycles. The van der Waals surface area contributed by atoms with Crippen LogP contribution in [0.1, 0.15) is 37.5 Å². The third-order valence-electron chi connectivity index (χ3n) is 5.87. The van der Waals surface area contributed by atoms with Crippen molar-refractivity contribution in [2.24, 2.45) is 5.10 Å². The number of imide groups is 1. The van der Waals surface area contributed by atoms with Crippen LogP contribution in [0.3, 0.4) is 0 Å². The summed E-state index contributed by atoms with van der Waals surface area (Å²) in [5, 5.41) is 26.1. The Bertz CT molecular complexity index is 1270. The second kappa shape index (κ2) is 8.34. The van der Waals surface area contributed by atoms with Crippen LogP contribution in [-0.4, -0.2) is 63.2 Å². The maximum Gasteiger partial charge on any atom is 0.277 e. The Morgan fingerprint density at radius 1 is 1.03 bits per heavy atom. The quantitative estimate of drug-likeness (QED) is 0.374. The van der Waals surface area contributed by atoms with Crippen molar-refractivity contribution < 1.29 is 33.7 Å². The molecule has 2 saturated heterocycles. The van der Waals surface area contributed by atoms with E-state index in [-0.39, 0.29) is 35.4 Å². The number of hydrazone groups is 1.